The van der Waals surface area contributed by atoms with Gasteiger partial charge in [0.1, 0.15) is 5.75 Å². The lowest BCUT2D eigenvalue weighted by Gasteiger charge is -2.07. The fourth-order valence-electron chi connectivity index (χ4n) is 1.43. The summed E-state index contributed by atoms with van der Waals surface area (Å²) < 4.78 is 6.07. The van der Waals surface area contributed by atoms with Crippen molar-refractivity contribution < 1.29 is 9.53 Å². The van der Waals surface area contributed by atoms with Crippen molar-refractivity contribution in [2.45, 2.75) is 6.42 Å². The highest BCUT2D eigenvalue weighted by atomic mass is 79.9. The number of halogens is 1. The number of ether oxygens (including phenoxy) is 1. The highest BCUT2D eigenvalue weighted by Crippen LogP contribution is 2.37. The van der Waals surface area contributed by atoms with Gasteiger partial charge >= 0.3 is 0 Å². The van der Waals surface area contributed by atoms with Crippen molar-refractivity contribution in [3.8, 4) is 5.75 Å². The number of anilines is 1. The van der Waals surface area contributed by atoms with Crippen LogP contribution in [0.1, 0.15) is 5.56 Å². The molecule has 0 aromatic heterocycles. The van der Waals surface area contributed by atoms with E-state index in [1.807, 2.05) is 12.1 Å². The number of nitrogens with one attached hydrogen (secondary N) is 1. The number of benzene rings is 1. The number of carbonyl (C=O) groups excluding carboxylic acids is 1. The van der Waals surface area contributed by atoms with E-state index in [1.54, 1.807) is 7.11 Å². The second-order valence-corrected chi connectivity index (χ2v) is 3.68. The lowest BCUT2D eigenvalue weighted by molar-refractivity contribution is -0.115. The van der Waals surface area contributed by atoms with Gasteiger partial charge in [0.25, 0.3) is 0 Å². The number of amides is 1. The zero-order chi connectivity index (χ0) is 9.42. The Balaban J connectivity index is 2.58. The zero-order valence-corrected chi connectivity index (χ0v) is 8.64. The number of rotatable bonds is 1. The van der Waals surface area contributed by atoms with Crippen LogP contribution in [0.25, 0.3) is 0 Å². The summed E-state index contributed by atoms with van der Waals surface area (Å²) in [6.07, 6.45) is 0.424. The Morgan fingerprint density at radius 2 is 2.31 bits per heavy atom. The van der Waals surface area contributed by atoms with E-state index in [-0.39, 0.29) is 5.91 Å². The molecule has 1 aliphatic heterocycles. The van der Waals surface area contributed by atoms with Gasteiger partial charge in [-0.2, -0.15) is 0 Å². The minimum absolute atomic E-state index is 0.0141. The van der Waals surface area contributed by atoms with Crippen molar-refractivity contribution in [2.24, 2.45) is 0 Å². The van der Waals surface area contributed by atoms with E-state index >= 15 is 0 Å². The summed E-state index contributed by atoms with van der Waals surface area (Å²) in [6.45, 7) is 0. The summed E-state index contributed by atoms with van der Waals surface area (Å²) in [4.78, 5) is 11.1. The van der Waals surface area contributed by atoms with Crippen LogP contribution in [0.3, 0.4) is 0 Å². The van der Waals surface area contributed by atoms with Crippen molar-refractivity contribution in [1.29, 1.82) is 0 Å². The van der Waals surface area contributed by atoms with E-state index in [9.17, 15) is 4.79 Å². The third kappa shape index (κ3) is 1.31. The van der Waals surface area contributed by atoms with Crippen LogP contribution in [-0.4, -0.2) is 13.0 Å². The number of carbonyl (C=O) groups is 1. The van der Waals surface area contributed by atoms with Gasteiger partial charge in [-0.15, -0.1) is 0 Å². The van der Waals surface area contributed by atoms with Crippen LogP contribution in [0.15, 0.2) is 16.6 Å². The first kappa shape index (κ1) is 8.56. The maximum Gasteiger partial charge on any atom is 0.229 e. The summed E-state index contributed by atoms with van der Waals surface area (Å²) in [5, 5.41) is 2.76. The molecule has 1 heterocycles. The van der Waals surface area contributed by atoms with E-state index in [0.717, 1.165) is 15.7 Å². The van der Waals surface area contributed by atoms with E-state index < -0.39 is 0 Å². The third-order valence-electron chi connectivity index (χ3n) is 2.04. The Hall–Kier alpha value is -1.03. The molecule has 0 unspecified atom stereocenters. The van der Waals surface area contributed by atoms with Crippen molar-refractivity contribution in [2.75, 3.05) is 12.4 Å². The second kappa shape index (κ2) is 3.03. The SMILES string of the molecule is COc1ccc(Br)c2c1NC(=O)C2. The molecular weight excluding hydrogens is 234 g/mol. The fourth-order valence-corrected chi connectivity index (χ4v) is 1.90. The lowest BCUT2D eigenvalue weighted by atomic mass is 10.1. The molecule has 4 heteroatoms. The van der Waals surface area contributed by atoms with Crippen LogP contribution in [0.2, 0.25) is 0 Å². The predicted molar refractivity (Wildman–Crippen MR) is 53.0 cm³/mol. The molecule has 0 saturated carbocycles. The summed E-state index contributed by atoms with van der Waals surface area (Å²) >= 11 is 3.39. The molecule has 0 aliphatic carbocycles. The molecule has 0 spiro atoms. The van der Waals surface area contributed by atoms with Crippen molar-refractivity contribution >= 4 is 27.5 Å². The number of fused-ring (bicyclic) bond motifs is 1. The van der Waals surface area contributed by atoms with E-state index in [2.05, 4.69) is 21.2 Å². The van der Waals surface area contributed by atoms with Crippen molar-refractivity contribution in [1.82, 2.24) is 0 Å². The minimum atomic E-state index is 0.0141. The highest BCUT2D eigenvalue weighted by molar-refractivity contribution is 9.10. The first-order chi connectivity index (χ1) is 6.22. The van der Waals surface area contributed by atoms with Gasteiger partial charge < -0.3 is 10.1 Å². The maximum atomic E-state index is 11.1. The molecule has 1 amide bonds. The normalized spacial score (nSPS) is 13.8. The Bertz CT molecular complexity index is 376. The molecule has 0 radical (unpaired) electrons. The monoisotopic (exact) mass is 241 g/mol. The smallest absolute Gasteiger partial charge is 0.229 e. The van der Waals surface area contributed by atoms with Crippen LogP contribution >= 0.6 is 15.9 Å². The Kier molecular flexibility index (Phi) is 2.00. The molecule has 2 rings (SSSR count). The van der Waals surface area contributed by atoms with Crippen molar-refractivity contribution in [3.05, 3.63) is 22.2 Å². The van der Waals surface area contributed by atoms with E-state index in [4.69, 9.17) is 4.74 Å². The molecule has 13 heavy (non-hydrogen) atoms. The average molecular weight is 242 g/mol. The van der Waals surface area contributed by atoms with Gasteiger partial charge in [0, 0.05) is 10.0 Å². The molecule has 1 aromatic carbocycles. The van der Waals surface area contributed by atoms with Crippen LogP contribution < -0.4 is 10.1 Å². The Labute approximate surface area is 84.2 Å². The largest absolute Gasteiger partial charge is 0.495 e. The fraction of sp³-hybridized carbons (Fsp3) is 0.222. The first-order valence-electron chi connectivity index (χ1n) is 3.87. The molecule has 3 nitrogen and oxygen atoms in total. The zero-order valence-electron chi connectivity index (χ0n) is 7.06. The topological polar surface area (TPSA) is 38.3 Å². The summed E-state index contributed by atoms with van der Waals surface area (Å²) in [7, 11) is 1.59. The van der Waals surface area contributed by atoms with Crippen molar-refractivity contribution in [3.63, 3.8) is 0 Å². The van der Waals surface area contributed by atoms with Crippen LogP contribution in [0.4, 0.5) is 5.69 Å². The minimum Gasteiger partial charge on any atom is -0.495 e. The quantitative estimate of drug-likeness (QED) is 0.817. The Morgan fingerprint density at radius 1 is 1.54 bits per heavy atom. The van der Waals surface area contributed by atoms with Gasteiger partial charge in [-0.1, -0.05) is 15.9 Å². The molecule has 0 saturated heterocycles. The molecule has 1 N–H and O–H groups in total. The first-order valence-corrected chi connectivity index (χ1v) is 4.67. The molecule has 1 aromatic rings. The average Bonchev–Trinajstić information content (AvgIpc) is 2.48. The summed E-state index contributed by atoms with van der Waals surface area (Å²) in [5.41, 5.74) is 1.77. The molecule has 0 atom stereocenters. The number of hydrogen-bond donors (Lipinski definition) is 1. The van der Waals surface area contributed by atoms with Crippen LogP contribution in [-0.2, 0) is 11.2 Å². The highest BCUT2D eigenvalue weighted by Gasteiger charge is 2.23. The van der Waals surface area contributed by atoms with Gasteiger partial charge in [-0.05, 0) is 12.1 Å². The maximum absolute atomic E-state index is 11.1. The summed E-state index contributed by atoms with van der Waals surface area (Å²) in [6, 6.07) is 3.71. The van der Waals surface area contributed by atoms with Gasteiger partial charge in [0.15, 0.2) is 0 Å². The molecule has 1 aliphatic rings. The number of methoxy groups -OCH3 is 1. The second-order valence-electron chi connectivity index (χ2n) is 2.83. The molecular formula is C9H8BrNO2. The van der Waals surface area contributed by atoms with E-state index in [1.165, 1.54) is 0 Å². The summed E-state index contributed by atoms with van der Waals surface area (Å²) in [5.74, 6) is 0.726. The van der Waals surface area contributed by atoms with Crippen LogP contribution in [0, 0.1) is 0 Å². The van der Waals surface area contributed by atoms with E-state index in [0.29, 0.717) is 12.2 Å². The Morgan fingerprint density at radius 3 is 3.00 bits per heavy atom. The van der Waals surface area contributed by atoms with Gasteiger partial charge in [-0.25, -0.2) is 0 Å². The van der Waals surface area contributed by atoms with Gasteiger partial charge in [-0.3, -0.25) is 4.79 Å². The molecule has 0 bridgehead atoms. The van der Waals surface area contributed by atoms with Gasteiger partial charge in [0.05, 0.1) is 19.2 Å². The molecule has 0 fully saturated rings. The lowest BCUT2D eigenvalue weighted by Crippen LogP contribution is -2.04. The van der Waals surface area contributed by atoms with Crippen LogP contribution in [0.5, 0.6) is 5.75 Å². The third-order valence-corrected chi connectivity index (χ3v) is 2.78. The molecule has 68 valence electrons. The predicted octanol–water partition coefficient (Wildman–Crippen LogP) is 1.95. The van der Waals surface area contributed by atoms with Gasteiger partial charge in [0.2, 0.25) is 5.91 Å². The standard InChI is InChI=1S/C9H8BrNO2/c1-13-7-3-2-6(10)5-4-8(12)11-9(5)7/h2-3H,4H2,1H3,(H,11,12). The number of hydrogen-bond acceptors (Lipinski definition) is 2.